The number of hydrogen-bond donors (Lipinski definition) is 0. The molecular weight excluding hydrogens is 308 g/mol. The zero-order chi connectivity index (χ0) is 9.76. The standard InChI is InChI=1S/C11H8Br2O/c12-11(13)6-5-9-10(11)7-3-1-2-4-8(7)14-9/h1-4H,5-6H2. The van der Waals surface area contributed by atoms with E-state index in [1.807, 2.05) is 18.2 Å². The second kappa shape index (κ2) is 2.86. The summed E-state index contributed by atoms with van der Waals surface area (Å²) in [7, 11) is 0. The first-order valence-electron chi connectivity index (χ1n) is 4.57. The lowest BCUT2D eigenvalue weighted by Gasteiger charge is -2.12. The highest BCUT2D eigenvalue weighted by atomic mass is 79.9. The van der Waals surface area contributed by atoms with Crippen LogP contribution in [0.4, 0.5) is 0 Å². The van der Waals surface area contributed by atoms with Gasteiger partial charge in [0.25, 0.3) is 0 Å². The topological polar surface area (TPSA) is 13.1 Å². The zero-order valence-electron chi connectivity index (χ0n) is 7.39. The highest BCUT2D eigenvalue weighted by Gasteiger charge is 2.38. The van der Waals surface area contributed by atoms with Crippen LogP contribution in [0.15, 0.2) is 28.7 Å². The number of furan rings is 1. The highest BCUT2D eigenvalue weighted by molar-refractivity contribution is 9.24. The smallest absolute Gasteiger partial charge is 0.134 e. The quantitative estimate of drug-likeness (QED) is 0.660. The second-order valence-corrected chi connectivity index (χ2v) is 7.37. The Labute approximate surface area is 98.7 Å². The second-order valence-electron chi connectivity index (χ2n) is 3.60. The van der Waals surface area contributed by atoms with Crippen LogP contribution in [-0.4, -0.2) is 0 Å². The lowest BCUT2D eigenvalue weighted by molar-refractivity contribution is 0.556. The largest absolute Gasteiger partial charge is 0.461 e. The summed E-state index contributed by atoms with van der Waals surface area (Å²) in [6, 6.07) is 8.18. The molecule has 1 aromatic heterocycles. The number of rotatable bonds is 0. The van der Waals surface area contributed by atoms with E-state index in [4.69, 9.17) is 4.42 Å². The van der Waals surface area contributed by atoms with Crippen molar-refractivity contribution in [2.45, 2.75) is 16.1 Å². The molecule has 0 amide bonds. The molecule has 1 aliphatic carbocycles. The molecule has 0 bridgehead atoms. The molecule has 0 spiro atoms. The van der Waals surface area contributed by atoms with Crippen molar-refractivity contribution in [2.75, 3.05) is 0 Å². The fraction of sp³-hybridized carbons (Fsp3) is 0.273. The predicted octanol–water partition coefficient (Wildman–Crippen LogP) is 4.32. The van der Waals surface area contributed by atoms with Crippen LogP contribution in [0.1, 0.15) is 17.7 Å². The molecule has 0 fully saturated rings. The Balaban J connectivity index is 2.41. The van der Waals surface area contributed by atoms with Crippen molar-refractivity contribution >= 4 is 42.8 Å². The van der Waals surface area contributed by atoms with Gasteiger partial charge in [0.2, 0.25) is 0 Å². The number of benzene rings is 1. The Kier molecular flexibility index (Phi) is 1.83. The van der Waals surface area contributed by atoms with Crippen LogP contribution in [0.5, 0.6) is 0 Å². The fourth-order valence-corrected chi connectivity index (χ4v) is 3.33. The molecule has 3 rings (SSSR count). The Morgan fingerprint density at radius 3 is 2.86 bits per heavy atom. The van der Waals surface area contributed by atoms with Gasteiger partial charge >= 0.3 is 0 Å². The fourth-order valence-electron chi connectivity index (χ4n) is 2.07. The molecule has 1 nitrogen and oxygen atoms in total. The van der Waals surface area contributed by atoms with Crippen molar-refractivity contribution in [2.24, 2.45) is 0 Å². The van der Waals surface area contributed by atoms with Crippen molar-refractivity contribution < 1.29 is 4.42 Å². The van der Waals surface area contributed by atoms with Crippen molar-refractivity contribution in [3.8, 4) is 0 Å². The first-order valence-corrected chi connectivity index (χ1v) is 6.16. The van der Waals surface area contributed by atoms with Crippen molar-refractivity contribution in [3.63, 3.8) is 0 Å². The molecule has 0 aliphatic heterocycles. The minimum Gasteiger partial charge on any atom is -0.461 e. The third kappa shape index (κ3) is 1.12. The van der Waals surface area contributed by atoms with E-state index in [1.54, 1.807) is 0 Å². The van der Waals surface area contributed by atoms with Gasteiger partial charge in [-0.3, -0.25) is 0 Å². The van der Waals surface area contributed by atoms with E-state index in [-0.39, 0.29) is 3.23 Å². The van der Waals surface area contributed by atoms with Gasteiger partial charge in [0, 0.05) is 17.4 Å². The minimum absolute atomic E-state index is 0.0814. The molecule has 1 aliphatic rings. The van der Waals surface area contributed by atoms with Crippen molar-refractivity contribution in [1.82, 2.24) is 0 Å². The van der Waals surface area contributed by atoms with Crippen LogP contribution in [0.2, 0.25) is 0 Å². The van der Waals surface area contributed by atoms with Gasteiger partial charge in [-0.1, -0.05) is 50.1 Å². The zero-order valence-corrected chi connectivity index (χ0v) is 10.6. The SMILES string of the molecule is BrC1(Br)CCc2oc3ccccc3c21. The number of halogens is 2. The maximum Gasteiger partial charge on any atom is 0.134 e. The van der Waals surface area contributed by atoms with Gasteiger partial charge in [-0.15, -0.1) is 0 Å². The highest BCUT2D eigenvalue weighted by Crippen LogP contribution is 2.52. The first-order chi connectivity index (χ1) is 6.68. The van der Waals surface area contributed by atoms with Gasteiger partial charge in [0.15, 0.2) is 0 Å². The molecular formula is C11H8Br2O. The van der Waals surface area contributed by atoms with Gasteiger partial charge in [0.1, 0.15) is 14.6 Å². The summed E-state index contributed by atoms with van der Waals surface area (Å²) in [4.78, 5) is 0. The van der Waals surface area contributed by atoms with E-state index in [0.717, 1.165) is 24.2 Å². The lowest BCUT2D eigenvalue weighted by atomic mass is 10.1. The average molecular weight is 316 g/mol. The Hall–Kier alpha value is -0.280. The molecule has 0 saturated carbocycles. The number of alkyl halides is 2. The number of hydrogen-bond acceptors (Lipinski definition) is 1. The molecule has 14 heavy (non-hydrogen) atoms. The minimum atomic E-state index is -0.0814. The van der Waals surface area contributed by atoms with Crippen molar-refractivity contribution in [3.05, 3.63) is 35.6 Å². The maximum atomic E-state index is 5.79. The van der Waals surface area contributed by atoms with Crippen LogP contribution >= 0.6 is 31.9 Å². The first kappa shape index (κ1) is 8.98. The molecule has 0 N–H and O–H groups in total. The number of para-hydroxylation sites is 1. The summed E-state index contributed by atoms with van der Waals surface area (Å²) in [6.45, 7) is 0. The van der Waals surface area contributed by atoms with Gasteiger partial charge in [-0.25, -0.2) is 0 Å². The Morgan fingerprint density at radius 1 is 1.21 bits per heavy atom. The van der Waals surface area contributed by atoms with Crippen molar-refractivity contribution in [1.29, 1.82) is 0 Å². The molecule has 72 valence electrons. The molecule has 2 aromatic rings. The van der Waals surface area contributed by atoms with Gasteiger partial charge in [0.05, 0.1) is 0 Å². The monoisotopic (exact) mass is 314 g/mol. The summed E-state index contributed by atoms with van der Waals surface area (Å²) in [5, 5.41) is 1.22. The van der Waals surface area contributed by atoms with Crippen LogP contribution in [0.25, 0.3) is 11.0 Å². The maximum absolute atomic E-state index is 5.79. The van der Waals surface area contributed by atoms with Crippen LogP contribution < -0.4 is 0 Å². The van der Waals surface area contributed by atoms with E-state index in [2.05, 4.69) is 37.9 Å². The van der Waals surface area contributed by atoms with Gasteiger partial charge in [-0.05, 0) is 12.5 Å². The van der Waals surface area contributed by atoms with E-state index in [1.165, 1.54) is 10.9 Å². The summed E-state index contributed by atoms with van der Waals surface area (Å²) in [6.07, 6.45) is 2.05. The third-order valence-corrected chi connectivity index (χ3v) is 4.29. The van der Waals surface area contributed by atoms with E-state index >= 15 is 0 Å². The van der Waals surface area contributed by atoms with Crippen LogP contribution in [0, 0.1) is 0 Å². The van der Waals surface area contributed by atoms with Gasteiger partial charge in [-0.2, -0.15) is 0 Å². The molecule has 1 aromatic carbocycles. The number of fused-ring (bicyclic) bond motifs is 3. The molecule has 0 saturated heterocycles. The summed E-state index contributed by atoms with van der Waals surface area (Å²) < 4.78 is 5.70. The van der Waals surface area contributed by atoms with E-state index in [0.29, 0.717) is 0 Å². The Bertz CT molecular complexity index is 499. The molecule has 0 radical (unpaired) electrons. The van der Waals surface area contributed by atoms with Crippen LogP contribution in [-0.2, 0) is 9.65 Å². The van der Waals surface area contributed by atoms with E-state index in [9.17, 15) is 0 Å². The molecule has 0 atom stereocenters. The predicted molar refractivity (Wildman–Crippen MR) is 64.1 cm³/mol. The Morgan fingerprint density at radius 2 is 2.00 bits per heavy atom. The molecule has 3 heteroatoms. The summed E-state index contributed by atoms with van der Waals surface area (Å²) in [5.41, 5.74) is 2.26. The van der Waals surface area contributed by atoms with E-state index < -0.39 is 0 Å². The summed E-state index contributed by atoms with van der Waals surface area (Å²) >= 11 is 7.40. The third-order valence-electron chi connectivity index (χ3n) is 2.70. The van der Waals surface area contributed by atoms with Gasteiger partial charge < -0.3 is 4.42 Å². The average Bonchev–Trinajstić information content (AvgIpc) is 2.65. The molecule has 0 unspecified atom stereocenters. The summed E-state index contributed by atoms with van der Waals surface area (Å²) in [5.74, 6) is 1.11. The number of aryl methyl sites for hydroxylation is 1. The molecule has 1 heterocycles. The lowest BCUT2D eigenvalue weighted by Crippen LogP contribution is -2.01. The van der Waals surface area contributed by atoms with Crippen LogP contribution in [0.3, 0.4) is 0 Å². The normalized spacial score (nSPS) is 18.7.